The second-order valence-corrected chi connectivity index (χ2v) is 11.0. The highest BCUT2D eigenvalue weighted by molar-refractivity contribution is 9.10. The van der Waals surface area contributed by atoms with E-state index in [9.17, 15) is 24.8 Å². The Kier molecular flexibility index (Phi) is 8.46. The van der Waals surface area contributed by atoms with Gasteiger partial charge in [0.1, 0.15) is 5.75 Å². The summed E-state index contributed by atoms with van der Waals surface area (Å²) in [5.41, 5.74) is 0.878. The lowest BCUT2D eigenvalue weighted by atomic mass is 9.93. The number of fused-ring (bicyclic) bond motifs is 1. The second kappa shape index (κ2) is 12.2. The molecule has 0 radical (unpaired) electrons. The van der Waals surface area contributed by atoms with E-state index < -0.39 is 22.5 Å². The first-order valence-electron chi connectivity index (χ1n) is 12.9. The van der Waals surface area contributed by atoms with Crippen molar-refractivity contribution in [3.8, 4) is 17.2 Å². The topological polar surface area (TPSA) is 142 Å². The molecule has 2 heterocycles. The van der Waals surface area contributed by atoms with Gasteiger partial charge >= 0.3 is 5.97 Å². The fourth-order valence-electron chi connectivity index (χ4n) is 4.74. The molecule has 1 aliphatic heterocycles. The number of carbonyl (C=O) groups is 1. The number of carbonyl (C=O) groups excluding carboxylic acids is 1. The SMILES string of the molecule is CCOC(=O)C1=C(c2ccccc2)N=c2s/c(=C\c3cc([N+](=O)[O-])cc(Br)c3O)c(=O)n2[C@H]1c1ccc(OC)c(OC)c1. The molecule has 13 heteroatoms. The van der Waals surface area contributed by atoms with Gasteiger partial charge in [0.15, 0.2) is 16.3 Å². The Morgan fingerprint density at radius 2 is 1.86 bits per heavy atom. The van der Waals surface area contributed by atoms with E-state index in [-0.39, 0.29) is 43.0 Å². The van der Waals surface area contributed by atoms with Crippen molar-refractivity contribution in [2.75, 3.05) is 20.8 Å². The van der Waals surface area contributed by atoms with Gasteiger partial charge in [0.25, 0.3) is 11.2 Å². The third-order valence-corrected chi connectivity index (χ3v) is 8.26. The van der Waals surface area contributed by atoms with Crippen molar-refractivity contribution in [2.24, 2.45) is 4.99 Å². The number of phenols is 1. The second-order valence-electron chi connectivity index (χ2n) is 9.17. The average molecular weight is 667 g/mol. The molecule has 5 rings (SSSR count). The Labute approximate surface area is 256 Å². The number of non-ortho nitro benzene ring substituents is 1. The Morgan fingerprint density at radius 3 is 2.51 bits per heavy atom. The number of methoxy groups -OCH3 is 2. The van der Waals surface area contributed by atoms with Crippen LogP contribution in [-0.2, 0) is 9.53 Å². The number of nitrogens with zero attached hydrogens (tertiary/aromatic N) is 3. The molecule has 220 valence electrons. The summed E-state index contributed by atoms with van der Waals surface area (Å²) in [5, 5.41) is 22.1. The maximum absolute atomic E-state index is 14.1. The third kappa shape index (κ3) is 5.56. The molecule has 0 saturated carbocycles. The van der Waals surface area contributed by atoms with E-state index in [1.165, 1.54) is 37.0 Å². The summed E-state index contributed by atoms with van der Waals surface area (Å²) in [7, 11) is 2.98. The molecule has 0 aliphatic carbocycles. The van der Waals surface area contributed by atoms with Gasteiger partial charge in [0, 0.05) is 23.3 Å². The van der Waals surface area contributed by atoms with Gasteiger partial charge in [-0.1, -0.05) is 47.7 Å². The number of nitro benzene ring substituents is 1. The minimum atomic E-state index is -0.988. The predicted molar refractivity (Wildman–Crippen MR) is 163 cm³/mol. The van der Waals surface area contributed by atoms with Crippen LogP contribution in [-0.4, -0.2) is 41.4 Å². The molecule has 3 aromatic carbocycles. The van der Waals surface area contributed by atoms with Crippen LogP contribution >= 0.6 is 27.3 Å². The first-order valence-corrected chi connectivity index (χ1v) is 14.5. The highest BCUT2D eigenvalue weighted by atomic mass is 79.9. The maximum atomic E-state index is 14.1. The highest BCUT2D eigenvalue weighted by Crippen LogP contribution is 2.38. The Hall–Kier alpha value is -4.75. The summed E-state index contributed by atoms with van der Waals surface area (Å²) in [6.45, 7) is 1.78. The van der Waals surface area contributed by atoms with Gasteiger partial charge in [-0.05, 0) is 46.6 Å². The molecular formula is C30H24BrN3O8S. The number of aromatic hydroxyl groups is 1. The summed E-state index contributed by atoms with van der Waals surface area (Å²) in [6.07, 6.45) is 1.36. The van der Waals surface area contributed by atoms with Crippen LogP contribution in [0.15, 0.2) is 80.5 Å². The van der Waals surface area contributed by atoms with Gasteiger partial charge in [0.05, 0.1) is 52.1 Å². The number of phenolic OH excluding ortho intramolecular Hbond substituents is 1. The van der Waals surface area contributed by atoms with Crippen LogP contribution in [0.25, 0.3) is 11.8 Å². The molecule has 0 fully saturated rings. The summed E-state index contributed by atoms with van der Waals surface area (Å²) in [4.78, 5) is 43.6. The third-order valence-electron chi connectivity index (χ3n) is 6.67. The number of nitro groups is 1. The van der Waals surface area contributed by atoms with E-state index in [0.29, 0.717) is 28.3 Å². The van der Waals surface area contributed by atoms with Crippen LogP contribution in [0.1, 0.15) is 29.7 Å². The van der Waals surface area contributed by atoms with E-state index in [1.807, 2.05) is 18.2 Å². The minimum Gasteiger partial charge on any atom is -0.506 e. The van der Waals surface area contributed by atoms with Gasteiger partial charge in [0.2, 0.25) is 0 Å². The molecule has 1 N–H and O–H groups in total. The summed E-state index contributed by atoms with van der Waals surface area (Å²) in [5.74, 6) is -0.0882. The van der Waals surface area contributed by atoms with Crippen molar-refractivity contribution < 1.29 is 29.0 Å². The summed E-state index contributed by atoms with van der Waals surface area (Å²) < 4.78 is 18.0. The molecule has 0 amide bonds. The largest absolute Gasteiger partial charge is 0.506 e. The van der Waals surface area contributed by atoms with E-state index in [2.05, 4.69) is 15.9 Å². The van der Waals surface area contributed by atoms with Crippen LogP contribution in [0, 0.1) is 10.1 Å². The van der Waals surface area contributed by atoms with E-state index in [1.54, 1.807) is 37.3 Å². The highest BCUT2D eigenvalue weighted by Gasteiger charge is 2.35. The Balaban J connectivity index is 1.86. The van der Waals surface area contributed by atoms with E-state index in [4.69, 9.17) is 19.2 Å². The van der Waals surface area contributed by atoms with Gasteiger partial charge in [-0.25, -0.2) is 9.79 Å². The first-order chi connectivity index (χ1) is 20.7. The molecule has 0 bridgehead atoms. The molecule has 1 aliphatic rings. The predicted octanol–water partition coefficient (Wildman–Crippen LogP) is 4.33. The van der Waals surface area contributed by atoms with Crippen LogP contribution < -0.4 is 24.4 Å². The van der Waals surface area contributed by atoms with Crippen molar-refractivity contribution in [2.45, 2.75) is 13.0 Å². The van der Waals surface area contributed by atoms with Gasteiger partial charge in [-0.3, -0.25) is 19.5 Å². The number of benzene rings is 3. The smallest absolute Gasteiger partial charge is 0.338 e. The lowest BCUT2D eigenvalue weighted by molar-refractivity contribution is -0.385. The van der Waals surface area contributed by atoms with Gasteiger partial charge in [-0.2, -0.15) is 0 Å². The zero-order valence-corrected chi connectivity index (χ0v) is 25.5. The van der Waals surface area contributed by atoms with Crippen molar-refractivity contribution in [1.29, 1.82) is 0 Å². The van der Waals surface area contributed by atoms with Gasteiger partial charge in [-0.15, -0.1) is 0 Å². The molecule has 1 aromatic heterocycles. The monoisotopic (exact) mass is 665 g/mol. The number of ether oxygens (including phenoxy) is 3. The van der Waals surface area contributed by atoms with Crippen molar-refractivity contribution >= 4 is 50.7 Å². The lowest BCUT2D eigenvalue weighted by Crippen LogP contribution is -2.40. The maximum Gasteiger partial charge on any atom is 0.338 e. The zero-order chi connectivity index (χ0) is 30.8. The molecule has 11 nitrogen and oxygen atoms in total. The first kappa shape index (κ1) is 29.7. The number of rotatable bonds is 8. The minimum absolute atomic E-state index is 0.0573. The summed E-state index contributed by atoms with van der Waals surface area (Å²) >= 11 is 4.16. The Bertz CT molecular complexity index is 1970. The molecule has 0 spiro atoms. The number of hydrogen-bond acceptors (Lipinski definition) is 10. The quantitative estimate of drug-likeness (QED) is 0.166. The lowest BCUT2D eigenvalue weighted by Gasteiger charge is -2.26. The molecule has 0 unspecified atom stereocenters. The number of aromatic nitrogens is 1. The van der Waals surface area contributed by atoms with E-state index >= 15 is 0 Å². The van der Waals surface area contributed by atoms with Crippen LogP contribution in [0.3, 0.4) is 0 Å². The van der Waals surface area contributed by atoms with Crippen LogP contribution in [0.5, 0.6) is 17.2 Å². The fraction of sp³-hybridized carbons (Fsp3) is 0.167. The molecule has 43 heavy (non-hydrogen) atoms. The molecule has 0 saturated heterocycles. The average Bonchev–Trinajstić information content (AvgIpc) is 3.32. The summed E-state index contributed by atoms with van der Waals surface area (Å²) in [6, 6.07) is 15.5. The zero-order valence-electron chi connectivity index (χ0n) is 23.1. The molecular weight excluding hydrogens is 642 g/mol. The van der Waals surface area contributed by atoms with Crippen molar-refractivity contribution in [1.82, 2.24) is 4.57 Å². The normalized spacial score (nSPS) is 14.6. The number of esters is 1. The van der Waals surface area contributed by atoms with Crippen molar-refractivity contribution in [3.63, 3.8) is 0 Å². The van der Waals surface area contributed by atoms with Gasteiger partial charge < -0.3 is 19.3 Å². The standard InChI is InChI=1S/C30H24BrN3O8S/c1-4-42-29(37)24-25(16-8-6-5-7-9-16)32-30-33(26(24)17-10-11-21(40-2)22(13-17)41-3)28(36)23(43-30)14-18-12-19(34(38)39)15-20(31)27(18)35/h5-15,26,35H,4H2,1-3H3/b23-14-/t26-/m0/s1. The van der Waals surface area contributed by atoms with E-state index in [0.717, 1.165) is 11.3 Å². The fourth-order valence-corrected chi connectivity index (χ4v) is 6.20. The molecule has 4 aromatic rings. The Morgan fingerprint density at radius 1 is 1.14 bits per heavy atom. The molecule has 1 atom stereocenters. The number of halogens is 1. The van der Waals surface area contributed by atoms with Crippen LogP contribution in [0.4, 0.5) is 5.69 Å². The van der Waals surface area contributed by atoms with Crippen LogP contribution in [0.2, 0.25) is 0 Å². The van der Waals surface area contributed by atoms with Crippen molar-refractivity contribution in [3.05, 3.63) is 117 Å². The number of hydrogen-bond donors (Lipinski definition) is 1. The number of thiazole rings is 1.